The molecule has 0 saturated carbocycles. The van der Waals surface area contributed by atoms with Crippen LogP contribution in [0, 0.1) is 12.7 Å². The first-order valence-electron chi connectivity index (χ1n) is 8.73. The normalized spacial score (nSPS) is 11.6. The molecule has 0 bridgehead atoms. The van der Waals surface area contributed by atoms with Crippen LogP contribution in [-0.2, 0) is 16.6 Å². The summed E-state index contributed by atoms with van der Waals surface area (Å²) in [6, 6.07) is 12.8. The van der Waals surface area contributed by atoms with E-state index < -0.39 is 10.0 Å². The molecular weight excluding hydrogens is 494 g/mol. The zero-order valence-corrected chi connectivity index (χ0v) is 19.1. The van der Waals surface area contributed by atoms with Crippen molar-refractivity contribution in [2.75, 3.05) is 19.6 Å². The second kappa shape index (κ2) is 12.0. The first-order chi connectivity index (χ1) is 12.9. The van der Waals surface area contributed by atoms with Crippen LogP contribution in [0.3, 0.4) is 0 Å². The summed E-state index contributed by atoms with van der Waals surface area (Å²) in [4.78, 5) is 4.65. The zero-order chi connectivity index (χ0) is 19.7. The number of benzene rings is 2. The molecule has 0 radical (unpaired) electrons. The Morgan fingerprint density at radius 1 is 1.00 bits per heavy atom. The van der Waals surface area contributed by atoms with Crippen molar-refractivity contribution in [2.24, 2.45) is 4.99 Å². The molecule has 2 aromatic rings. The number of nitrogens with one attached hydrogen (secondary N) is 3. The molecule has 3 N–H and O–H groups in total. The fourth-order valence-corrected chi connectivity index (χ4v) is 3.30. The van der Waals surface area contributed by atoms with Gasteiger partial charge in [-0.3, -0.25) is 0 Å². The van der Waals surface area contributed by atoms with Crippen molar-refractivity contribution in [3.05, 3.63) is 65.5 Å². The van der Waals surface area contributed by atoms with E-state index in [2.05, 4.69) is 20.3 Å². The molecule has 0 unspecified atom stereocenters. The summed E-state index contributed by atoms with van der Waals surface area (Å²) in [6.07, 6.45) is 0. The lowest BCUT2D eigenvalue weighted by atomic mass is 10.2. The van der Waals surface area contributed by atoms with Crippen LogP contribution in [0.1, 0.15) is 18.1 Å². The molecular formula is C19H26FIN4O2S. The maximum Gasteiger partial charge on any atom is 0.240 e. The van der Waals surface area contributed by atoms with E-state index in [0.717, 1.165) is 11.1 Å². The van der Waals surface area contributed by atoms with E-state index in [1.165, 1.54) is 12.1 Å². The molecule has 154 valence electrons. The van der Waals surface area contributed by atoms with Gasteiger partial charge in [0.15, 0.2) is 5.96 Å². The summed E-state index contributed by atoms with van der Waals surface area (Å²) in [5.74, 6) is 0.282. The topological polar surface area (TPSA) is 82.6 Å². The van der Waals surface area contributed by atoms with Crippen molar-refractivity contribution in [1.82, 2.24) is 15.4 Å². The van der Waals surface area contributed by atoms with E-state index in [0.29, 0.717) is 25.6 Å². The van der Waals surface area contributed by atoms with Crippen LogP contribution < -0.4 is 15.4 Å². The number of halogens is 2. The third-order valence-corrected chi connectivity index (χ3v) is 5.19. The lowest BCUT2D eigenvalue weighted by molar-refractivity contribution is 0.580. The Labute approximate surface area is 183 Å². The number of guanidine groups is 1. The molecule has 0 aliphatic rings. The highest BCUT2D eigenvalue weighted by atomic mass is 127. The van der Waals surface area contributed by atoms with Gasteiger partial charge in [-0.25, -0.2) is 22.5 Å². The van der Waals surface area contributed by atoms with E-state index in [1.54, 1.807) is 36.4 Å². The van der Waals surface area contributed by atoms with Crippen molar-refractivity contribution in [2.45, 2.75) is 25.3 Å². The van der Waals surface area contributed by atoms with Gasteiger partial charge in [0.25, 0.3) is 0 Å². The van der Waals surface area contributed by atoms with Gasteiger partial charge in [-0.15, -0.1) is 24.0 Å². The van der Waals surface area contributed by atoms with Gasteiger partial charge in [-0.2, -0.15) is 0 Å². The van der Waals surface area contributed by atoms with E-state index in [9.17, 15) is 12.8 Å². The van der Waals surface area contributed by atoms with E-state index >= 15 is 0 Å². The van der Waals surface area contributed by atoms with Crippen LogP contribution in [0.2, 0.25) is 0 Å². The summed E-state index contributed by atoms with van der Waals surface area (Å²) >= 11 is 0. The van der Waals surface area contributed by atoms with E-state index in [4.69, 9.17) is 0 Å². The van der Waals surface area contributed by atoms with Crippen LogP contribution in [-0.4, -0.2) is 34.0 Å². The number of nitrogens with zero attached hydrogens (tertiary/aromatic N) is 1. The summed E-state index contributed by atoms with van der Waals surface area (Å²) < 4.78 is 40.0. The SMILES string of the molecule is CCNC(=NCc1ccc(F)cc1)NCCNS(=O)(=O)c1ccc(C)cc1.I. The third kappa shape index (κ3) is 8.11. The van der Waals surface area contributed by atoms with Crippen molar-refractivity contribution >= 4 is 40.0 Å². The highest BCUT2D eigenvalue weighted by molar-refractivity contribution is 14.0. The highest BCUT2D eigenvalue weighted by Crippen LogP contribution is 2.09. The predicted molar refractivity (Wildman–Crippen MR) is 121 cm³/mol. The van der Waals surface area contributed by atoms with Crippen LogP contribution in [0.5, 0.6) is 0 Å². The maximum atomic E-state index is 12.9. The van der Waals surface area contributed by atoms with Crippen molar-refractivity contribution in [3.63, 3.8) is 0 Å². The number of rotatable bonds is 8. The largest absolute Gasteiger partial charge is 0.357 e. The molecule has 9 heteroatoms. The van der Waals surface area contributed by atoms with Crippen molar-refractivity contribution < 1.29 is 12.8 Å². The van der Waals surface area contributed by atoms with Gasteiger partial charge >= 0.3 is 0 Å². The number of aliphatic imine (C=N–C) groups is 1. The Bertz CT molecular complexity index is 857. The lowest BCUT2D eigenvalue weighted by Gasteiger charge is -2.12. The summed E-state index contributed by atoms with van der Waals surface area (Å²) in [7, 11) is -3.53. The van der Waals surface area contributed by atoms with Crippen LogP contribution in [0.15, 0.2) is 58.4 Å². The fraction of sp³-hybridized carbons (Fsp3) is 0.316. The van der Waals surface area contributed by atoms with Crippen LogP contribution in [0.4, 0.5) is 4.39 Å². The molecule has 28 heavy (non-hydrogen) atoms. The Balaban J connectivity index is 0.00000392. The van der Waals surface area contributed by atoms with Crippen LogP contribution in [0.25, 0.3) is 0 Å². The summed E-state index contributed by atoms with van der Waals surface area (Å²) in [6.45, 7) is 5.50. The Morgan fingerprint density at radius 2 is 1.64 bits per heavy atom. The summed E-state index contributed by atoms with van der Waals surface area (Å²) in [5, 5.41) is 6.16. The predicted octanol–water partition coefficient (Wildman–Crippen LogP) is 2.79. The van der Waals surface area contributed by atoms with Gasteiger partial charge in [-0.1, -0.05) is 29.8 Å². The molecule has 0 saturated heterocycles. The average Bonchev–Trinajstić information content (AvgIpc) is 2.65. The molecule has 0 aliphatic heterocycles. The Morgan fingerprint density at radius 3 is 2.25 bits per heavy atom. The first kappa shape index (κ1) is 24.3. The van der Waals surface area contributed by atoms with Crippen molar-refractivity contribution in [1.29, 1.82) is 0 Å². The molecule has 0 heterocycles. The molecule has 0 amide bonds. The van der Waals surface area contributed by atoms with Gasteiger partial charge in [0.05, 0.1) is 11.4 Å². The molecule has 2 aromatic carbocycles. The third-order valence-electron chi connectivity index (χ3n) is 3.72. The minimum absolute atomic E-state index is 0. The van der Waals surface area contributed by atoms with Gasteiger partial charge in [-0.05, 0) is 43.7 Å². The van der Waals surface area contributed by atoms with Crippen molar-refractivity contribution in [3.8, 4) is 0 Å². The minimum atomic E-state index is -3.53. The number of sulfonamides is 1. The van der Waals surface area contributed by atoms with E-state index in [-0.39, 0.29) is 41.2 Å². The summed E-state index contributed by atoms with van der Waals surface area (Å²) in [5.41, 5.74) is 1.89. The maximum absolute atomic E-state index is 12.9. The number of hydrogen-bond acceptors (Lipinski definition) is 3. The Hall–Kier alpha value is -1.72. The second-order valence-electron chi connectivity index (χ2n) is 5.96. The van der Waals surface area contributed by atoms with Gasteiger partial charge < -0.3 is 10.6 Å². The highest BCUT2D eigenvalue weighted by Gasteiger charge is 2.12. The van der Waals surface area contributed by atoms with Gasteiger partial charge in [0.2, 0.25) is 10.0 Å². The van der Waals surface area contributed by atoms with Gasteiger partial charge in [0, 0.05) is 19.6 Å². The molecule has 2 rings (SSSR count). The second-order valence-corrected chi connectivity index (χ2v) is 7.73. The lowest BCUT2D eigenvalue weighted by Crippen LogP contribution is -2.41. The molecule has 0 atom stereocenters. The smallest absolute Gasteiger partial charge is 0.240 e. The quantitative estimate of drug-likeness (QED) is 0.217. The first-order valence-corrected chi connectivity index (χ1v) is 10.2. The zero-order valence-electron chi connectivity index (χ0n) is 15.9. The monoisotopic (exact) mass is 520 g/mol. The molecule has 0 fully saturated rings. The minimum Gasteiger partial charge on any atom is -0.357 e. The number of aryl methyl sites for hydroxylation is 1. The molecule has 0 spiro atoms. The molecule has 6 nitrogen and oxygen atoms in total. The van der Waals surface area contributed by atoms with Gasteiger partial charge in [0.1, 0.15) is 5.82 Å². The number of hydrogen-bond donors (Lipinski definition) is 3. The van der Waals surface area contributed by atoms with Crippen LogP contribution >= 0.6 is 24.0 Å². The Kier molecular flexibility index (Phi) is 10.4. The fourth-order valence-electron chi connectivity index (χ4n) is 2.27. The average molecular weight is 520 g/mol. The van der Waals surface area contributed by atoms with E-state index in [1.807, 2.05) is 13.8 Å². The standard InChI is InChI=1S/C19H25FN4O2S.HI/c1-3-21-19(23-14-16-6-8-17(20)9-7-16)22-12-13-24-27(25,26)18-10-4-15(2)5-11-18;/h4-11,24H,3,12-14H2,1-2H3,(H2,21,22,23);1H. The molecule has 0 aromatic heterocycles. The molecule has 0 aliphatic carbocycles.